The van der Waals surface area contributed by atoms with Crippen LogP contribution in [-0.4, -0.2) is 9.55 Å². The molecule has 20 heavy (non-hydrogen) atoms. The average Bonchev–Trinajstić information content (AvgIpc) is 2.77. The number of hydrogen-bond acceptors (Lipinski definition) is 2. The Kier molecular flexibility index (Phi) is 4.83. The molecule has 0 bridgehead atoms. The standard InChI is InChI=1S/C17H25N3/c1-4-9-15-19-16(17(18)20(15)12-5-2)13(3)14-10-7-6-8-11-14/h6-8,10-11,13H,4-5,9,12,18H2,1-3H3. The maximum atomic E-state index is 6.36. The quantitative estimate of drug-likeness (QED) is 0.863. The van der Waals surface area contributed by atoms with Crippen molar-refractivity contribution in [3.05, 3.63) is 47.4 Å². The third-order valence-electron chi connectivity index (χ3n) is 3.74. The molecule has 0 amide bonds. The van der Waals surface area contributed by atoms with Gasteiger partial charge in [0.25, 0.3) is 0 Å². The Morgan fingerprint density at radius 3 is 2.45 bits per heavy atom. The molecule has 1 heterocycles. The Labute approximate surface area is 121 Å². The van der Waals surface area contributed by atoms with Gasteiger partial charge in [0, 0.05) is 18.9 Å². The zero-order chi connectivity index (χ0) is 14.5. The smallest absolute Gasteiger partial charge is 0.127 e. The topological polar surface area (TPSA) is 43.8 Å². The summed E-state index contributed by atoms with van der Waals surface area (Å²) in [5.41, 5.74) is 8.65. The average molecular weight is 271 g/mol. The zero-order valence-corrected chi connectivity index (χ0v) is 12.8. The van der Waals surface area contributed by atoms with Crippen molar-refractivity contribution >= 4 is 5.82 Å². The molecule has 2 rings (SSSR count). The van der Waals surface area contributed by atoms with E-state index >= 15 is 0 Å². The van der Waals surface area contributed by atoms with Gasteiger partial charge < -0.3 is 10.3 Å². The van der Waals surface area contributed by atoms with Crippen LogP contribution in [0.4, 0.5) is 5.82 Å². The van der Waals surface area contributed by atoms with Crippen molar-refractivity contribution in [2.45, 2.75) is 52.5 Å². The van der Waals surface area contributed by atoms with Gasteiger partial charge in [-0.25, -0.2) is 4.98 Å². The van der Waals surface area contributed by atoms with E-state index in [1.54, 1.807) is 0 Å². The number of imidazole rings is 1. The second kappa shape index (κ2) is 6.60. The van der Waals surface area contributed by atoms with Crippen molar-refractivity contribution in [3.8, 4) is 0 Å². The highest BCUT2D eigenvalue weighted by molar-refractivity contribution is 5.44. The highest BCUT2D eigenvalue weighted by atomic mass is 15.1. The molecule has 0 aliphatic heterocycles. The Morgan fingerprint density at radius 2 is 1.85 bits per heavy atom. The minimum absolute atomic E-state index is 0.241. The molecule has 0 radical (unpaired) electrons. The summed E-state index contributed by atoms with van der Waals surface area (Å²) in [7, 11) is 0. The summed E-state index contributed by atoms with van der Waals surface area (Å²) in [4.78, 5) is 4.83. The maximum Gasteiger partial charge on any atom is 0.127 e. The van der Waals surface area contributed by atoms with E-state index in [9.17, 15) is 0 Å². The second-order valence-corrected chi connectivity index (χ2v) is 5.33. The van der Waals surface area contributed by atoms with Crippen molar-refractivity contribution < 1.29 is 0 Å². The number of anilines is 1. The van der Waals surface area contributed by atoms with Crippen LogP contribution in [0, 0.1) is 0 Å². The number of rotatable bonds is 6. The predicted octanol–water partition coefficient (Wildman–Crippen LogP) is 3.98. The van der Waals surface area contributed by atoms with Crippen LogP contribution in [0.1, 0.15) is 56.6 Å². The van der Waals surface area contributed by atoms with E-state index in [2.05, 4.69) is 49.6 Å². The van der Waals surface area contributed by atoms with Crippen LogP contribution in [-0.2, 0) is 13.0 Å². The number of nitrogen functional groups attached to an aromatic ring is 1. The molecule has 0 spiro atoms. The van der Waals surface area contributed by atoms with Gasteiger partial charge in [0.15, 0.2) is 0 Å². The first-order chi connectivity index (χ1) is 9.69. The number of aromatic nitrogens is 2. The van der Waals surface area contributed by atoms with Crippen LogP contribution in [0.25, 0.3) is 0 Å². The van der Waals surface area contributed by atoms with Crippen molar-refractivity contribution in [1.82, 2.24) is 9.55 Å². The fourth-order valence-electron chi connectivity index (χ4n) is 2.64. The molecule has 2 aromatic rings. The van der Waals surface area contributed by atoms with Gasteiger partial charge in [-0.3, -0.25) is 0 Å². The van der Waals surface area contributed by atoms with Crippen LogP contribution >= 0.6 is 0 Å². The molecule has 3 heteroatoms. The molecule has 2 N–H and O–H groups in total. The first kappa shape index (κ1) is 14.6. The summed E-state index contributed by atoms with van der Waals surface area (Å²) in [6, 6.07) is 10.5. The minimum Gasteiger partial charge on any atom is -0.384 e. The van der Waals surface area contributed by atoms with E-state index in [-0.39, 0.29) is 5.92 Å². The highest BCUT2D eigenvalue weighted by Crippen LogP contribution is 2.29. The van der Waals surface area contributed by atoms with Gasteiger partial charge in [-0.15, -0.1) is 0 Å². The first-order valence-electron chi connectivity index (χ1n) is 7.58. The van der Waals surface area contributed by atoms with Gasteiger partial charge in [0.05, 0.1) is 5.69 Å². The molecule has 1 aromatic carbocycles. The Hall–Kier alpha value is -1.77. The predicted molar refractivity (Wildman–Crippen MR) is 84.9 cm³/mol. The van der Waals surface area contributed by atoms with Crippen LogP contribution in [0.5, 0.6) is 0 Å². The summed E-state index contributed by atoms with van der Waals surface area (Å²) in [5.74, 6) is 2.21. The fourth-order valence-corrected chi connectivity index (χ4v) is 2.64. The number of nitrogens with two attached hydrogens (primary N) is 1. The fraction of sp³-hybridized carbons (Fsp3) is 0.471. The highest BCUT2D eigenvalue weighted by Gasteiger charge is 2.19. The van der Waals surface area contributed by atoms with E-state index < -0.39 is 0 Å². The molecule has 0 fully saturated rings. The van der Waals surface area contributed by atoms with E-state index in [0.29, 0.717) is 0 Å². The molecule has 3 nitrogen and oxygen atoms in total. The van der Waals surface area contributed by atoms with Crippen LogP contribution in [0.15, 0.2) is 30.3 Å². The van der Waals surface area contributed by atoms with Gasteiger partial charge in [0.1, 0.15) is 11.6 Å². The van der Waals surface area contributed by atoms with Gasteiger partial charge in [-0.1, -0.05) is 51.1 Å². The molecule has 0 saturated carbocycles. The number of hydrogen-bond donors (Lipinski definition) is 1. The maximum absolute atomic E-state index is 6.36. The molecule has 1 aromatic heterocycles. The Morgan fingerprint density at radius 1 is 1.15 bits per heavy atom. The van der Waals surface area contributed by atoms with Crippen molar-refractivity contribution in [2.24, 2.45) is 0 Å². The molecule has 108 valence electrons. The SMILES string of the molecule is CCCc1nc(C(C)c2ccccc2)c(N)n1CCC. The molecule has 1 unspecified atom stereocenters. The zero-order valence-electron chi connectivity index (χ0n) is 12.8. The summed E-state index contributed by atoms with van der Waals surface area (Å²) in [5, 5.41) is 0. The Balaban J connectivity index is 2.39. The third-order valence-corrected chi connectivity index (χ3v) is 3.74. The lowest BCUT2D eigenvalue weighted by Crippen LogP contribution is -2.07. The monoisotopic (exact) mass is 271 g/mol. The van der Waals surface area contributed by atoms with Crippen LogP contribution < -0.4 is 5.73 Å². The molecular formula is C17H25N3. The normalized spacial score (nSPS) is 12.6. The van der Waals surface area contributed by atoms with Crippen LogP contribution in [0.2, 0.25) is 0 Å². The third kappa shape index (κ3) is 2.87. The van der Waals surface area contributed by atoms with Gasteiger partial charge in [0.2, 0.25) is 0 Å². The van der Waals surface area contributed by atoms with E-state index in [0.717, 1.165) is 43.1 Å². The van der Waals surface area contributed by atoms with Gasteiger partial charge in [-0.2, -0.15) is 0 Å². The lowest BCUT2D eigenvalue weighted by molar-refractivity contribution is 0.637. The molecule has 0 saturated heterocycles. The second-order valence-electron chi connectivity index (χ2n) is 5.33. The number of aryl methyl sites for hydroxylation is 1. The largest absolute Gasteiger partial charge is 0.384 e. The molecular weight excluding hydrogens is 246 g/mol. The van der Waals surface area contributed by atoms with E-state index in [4.69, 9.17) is 10.7 Å². The van der Waals surface area contributed by atoms with Crippen molar-refractivity contribution in [2.75, 3.05) is 5.73 Å². The van der Waals surface area contributed by atoms with Crippen molar-refractivity contribution in [3.63, 3.8) is 0 Å². The summed E-state index contributed by atoms with van der Waals surface area (Å²) < 4.78 is 2.19. The van der Waals surface area contributed by atoms with E-state index in [1.165, 1.54) is 5.56 Å². The van der Waals surface area contributed by atoms with Gasteiger partial charge in [-0.05, 0) is 18.4 Å². The summed E-state index contributed by atoms with van der Waals surface area (Å²) >= 11 is 0. The summed E-state index contributed by atoms with van der Waals surface area (Å²) in [6.45, 7) is 7.49. The summed E-state index contributed by atoms with van der Waals surface area (Å²) in [6.07, 6.45) is 3.17. The molecule has 1 atom stereocenters. The Bertz CT molecular complexity index is 543. The first-order valence-corrected chi connectivity index (χ1v) is 7.58. The minimum atomic E-state index is 0.241. The lowest BCUT2D eigenvalue weighted by atomic mass is 9.98. The number of benzene rings is 1. The lowest BCUT2D eigenvalue weighted by Gasteiger charge is -2.11. The van der Waals surface area contributed by atoms with Crippen molar-refractivity contribution in [1.29, 1.82) is 0 Å². The van der Waals surface area contributed by atoms with E-state index in [1.807, 2.05) is 6.07 Å². The number of nitrogens with zero attached hydrogens (tertiary/aromatic N) is 2. The molecule has 0 aliphatic carbocycles. The van der Waals surface area contributed by atoms with Gasteiger partial charge >= 0.3 is 0 Å². The van der Waals surface area contributed by atoms with Crippen LogP contribution in [0.3, 0.4) is 0 Å². The molecule has 0 aliphatic rings.